The van der Waals surface area contributed by atoms with E-state index in [1.54, 1.807) is 18.3 Å². The minimum absolute atomic E-state index is 0.0433. The van der Waals surface area contributed by atoms with E-state index in [0.717, 1.165) is 24.2 Å². The fourth-order valence-corrected chi connectivity index (χ4v) is 4.16. The van der Waals surface area contributed by atoms with E-state index in [4.69, 9.17) is 0 Å². The molecule has 8 heteroatoms. The molecule has 0 aliphatic heterocycles. The third kappa shape index (κ3) is 3.85. The van der Waals surface area contributed by atoms with E-state index in [0.29, 0.717) is 12.1 Å². The van der Waals surface area contributed by atoms with Crippen molar-refractivity contribution in [2.45, 2.75) is 37.8 Å². The van der Waals surface area contributed by atoms with Gasteiger partial charge in [0.2, 0.25) is 0 Å². The summed E-state index contributed by atoms with van der Waals surface area (Å²) in [5.74, 6) is -1.16. The van der Waals surface area contributed by atoms with Crippen molar-refractivity contribution < 1.29 is 14.0 Å². The fraction of sp³-hybridized carbons (Fsp3) is 0.316. The van der Waals surface area contributed by atoms with Crippen LogP contribution in [0.15, 0.2) is 42.0 Å². The summed E-state index contributed by atoms with van der Waals surface area (Å²) in [6.07, 6.45) is 6.73. The third-order valence-electron chi connectivity index (χ3n) is 4.79. The van der Waals surface area contributed by atoms with Gasteiger partial charge in [-0.2, -0.15) is 0 Å². The zero-order valence-electron chi connectivity index (χ0n) is 14.5. The van der Waals surface area contributed by atoms with Crippen LogP contribution in [0.2, 0.25) is 0 Å². The normalized spacial score (nSPS) is 19.7. The van der Waals surface area contributed by atoms with E-state index in [9.17, 15) is 14.0 Å². The van der Waals surface area contributed by atoms with Gasteiger partial charge >= 0.3 is 0 Å². The Morgan fingerprint density at radius 2 is 1.89 bits per heavy atom. The number of nitrogens with zero attached hydrogens (tertiary/aromatic N) is 2. The van der Waals surface area contributed by atoms with Gasteiger partial charge in [0.15, 0.2) is 4.96 Å². The number of carbonyl (C=O) groups excluding carboxylic acids is 2. The maximum atomic E-state index is 13.8. The predicted octanol–water partition coefficient (Wildman–Crippen LogP) is 3.01. The Balaban J connectivity index is 1.36. The molecule has 2 atom stereocenters. The van der Waals surface area contributed by atoms with Crippen LogP contribution >= 0.6 is 11.3 Å². The molecule has 0 spiro atoms. The van der Waals surface area contributed by atoms with Gasteiger partial charge in [-0.1, -0.05) is 12.1 Å². The summed E-state index contributed by atoms with van der Waals surface area (Å²) in [6.45, 7) is 0. The number of fused-ring (bicyclic) bond motifs is 1. The first-order chi connectivity index (χ1) is 13.1. The second kappa shape index (κ2) is 7.48. The number of nitrogens with one attached hydrogen (secondary N) is 2. The molecule has 1 aliphatic carbocycles. The van der Waals surface area contributed by atoms with Crippen molar-refractivity contribution in [3.05, 3.63) is 59.1 Å². The van der Waals surface area contributed by atoms with Crippen LogP contribution in [-0.2, 0) is 0 Å². The van der Waals surface area contributed by atoms with E-state index in [1.165, 1.54) is 23.5 Å². The number of rotatable bonds is 4. The van der Waals surface area contributed by atoms with Crippen molar-refractivity contribution in [2.75, 3.05) is 0 Å². The first-order valence-electron chi connectivity index (χ1n) is 8.88. The molecule has 1 saturated carbocycles. The first-order valence-corrected chi connectivity index (χ1v) is 9.76. The Hall–Kier alpha value is -2.74. The second-order valence-electron chi connectivity index (χ2n) is 6.71. The van der Waals surface area contributed by atoms with Crippen LogP contribution in [0.4, 0.5) is 4.39 Å². The summed E-state index contributed by atoms with van der Waals surface area (Å²) in [5, 5.41) is 7.80. The van der Waals surface area contributed by atoms with E-state index < -0.39 is 11.7 Å². The standard InChI is InChI=1S/C19H19FN4O2S/c20-15-7-2-1-6-14(15)17(25)21-12-4-3-5-13(10-12)22-18(26)16-11-24-8-9-27-19(24)23-16/h1-2,6-9,11-13H,3-5,10H2,(H,21,25)(H,22,26)/t12-,13-/m1/s1. The fourth-order valence-electron chi connectivity index (χ4n) is 3.46. The topological polar surface area (TPSA) is 75.5 Å². The zero-order valence-corrected chi connectivity index (χ0v) is 15.3. The monoisotopic (exact) mass is 386 g/mol. The Labute approximate surface area is 159 Å². The first kappa shape index (κ1) is 17.7. The SMILES string of the molecule is O=C(N[C@@H]1CCC[C@@H](NC(=O)c2ccccc2F)C1)c1cn2ccsc2n1. The summed E-state index contributed by atoms with van der Waals surface area (Å²) in [5.41, 5.74) is 0.432. The average Bonchev–Trinajstić information content (AvgIpc) is 3.24. The van der Waals surface area contributed by atoms with E-state index >= 15 is 0 Å². The van der Waals surface area contributed by atoms with Gasteiger partial charge in [-0.15, -0.1) is 11.3 Å². The number of hydrogen-bond donors (Lipinski definition) is 2. The Bertz CT molecular complexity index is 954. The van der Waals surface area contributed by atoms with Gasteiger partial charge in [0.1, 0.15) is 11.5 Å². The van der Waals surface area contributed by atoms with Gasteiger partial charge in [0.05, 0.1) is 5.56 Å². The van der Waals surface area contributed by atoms with Crippen molar-refractivity contribution >= 4 is 28.1 Å². The molecule has 1 fully saturated rings. The Morgan fingerprint density at radius 3 is 2.63 bits per heavy atom. The molecule has 0 bridgehead atoms. The summed E-state index contributed by atoms with van der Waals surface area (Å²) in [6, 6.07) is 5.79. The van der Waals surface area contributed by atoms with Gasteiger partial charge in [0, 0.05) is 29.9 Å². The highest BCUT2D eigenvalue weighted by atomic mass is 32.1. The summed E-state index contributed by atoms with van der Waals surface area (Å²) >= 11 is 1.47. The number of amides is 2. The molecule has 6 nitrogen and oxygen atoms in total. The molecule has 27 heavy (non-hydrogen) atoms. The highest BCUT2D eigenvalue weighted by Crippen LogP contribution is 2.20. The highest BCUT2D eigenvalue weighted by Gasteiger charge is 2.26. The van der Waals surface area contributed by atoms with Gasteiger partial charge in [-0.25, -0.2) is 9.37 Å². The molecule has 4 rings (SSSR count). The number of imidazole rings is 1. The van der Waals surface area contributed by atoms with Crippen LogP contribution in [0.25, 0.3) is 4.96 Å². The quantitative estimate of drug-likeness (QED) is 0.724. The summed E-state index contributed by atoms with van der Waals surface area (Å²) in [4.78, 5) is 29.8. The number of aromatic nitrogens is 2. The Kier molecular flexibility index (Phi) is 4.89. The van der Waals surface area contributed by atoms with E-state index in [1.807, 2.05) is 16.0 Å². The lowest BCUT2D eigenvalue weighted by Gasteiger charge is -2.30. The van der Waals surface area contributed by atoms with Crippen LogP contribution in [0, 0.1) is 5.82 Å². The van der Waals surface area contributed by atoms with Crippen molar-refractivity contribution in [1.82, 2.24) is 20.0 Å². The Morgan fingerprint density at radius 1 is 1.15 bits per heavy atom. The lowest BCUT2D eigenvalue weighted by Crippen LogP contribution is -2.46. The smallest absolute Gasteiger partial charge is 0.271 e. The maximum absolute atomic E-state index is 13.8. The average molecular weight is 386 g/mol. The van der Waals surface area contributed by atoms with Crippen LogP contribution in [-0.4, -0.2) is 33.3 Å². The van der Waals surface area contributed by atoms with E-state index in [-0.39, 0.29) is 23.6 Å². The van der Waals surface area contributed by atoms with Crippen molar-refractivity contribution in [3.63, 3.8) is 0 Å². The molecule has 2 N–H and O–H groups in total. The van der Waals surface area contributed by atoms with Gasteiger partial charge in [-0.3, -0.25) is 14.0 Å². The van der Waals surface area contributed by atoms with Gasteiger partial charge < -0.3 is 10.6 Å². The van der Waals surface area contributed by atoms with Crippen molar-refractivity contribution in [3.8, 4) is 0 Å². The van der Waals surface area contributed by atoms with Crippen LogP contribution < -0.4 is 10.6 Å². The summed E-state index contributed by atoms with van der Waals surface area (Å²) < 4.78 is 15.6. The second-order valence-corrected chi connectivity index (χ2v) is 7.58. The molecule has 1 aliphatic rings. The molecule has 2 amide bonds. The maximum Gasteiger partial charge on any atom is 0.271 e. The largest absolute Gasteiger partial charge is 0.349 e. The minimum atomic E-state index is -0.532. The molecule has 0 radical (unpaired) electrons. The number of benzene rings is 1. The molecule has 2 aromatic heterocycles. The number of thiazole rings is 1. The van der Waals surface area contributed by atoms with Crippen molar-refractivity contribution in [2.24, 2.45) is 0 Å². The molecule has 140 valence electrons. The predicted molar refractivity (Wildman–Crippen MR) is 100 cm³/mol. The molecule has 2 heterocycles. The third-order valence-corrected chi connectivity index (χ3v) is 5.56. The van der Waals surface area contributed by atoms with Gasteiger partial charge in [-0.05, 0) is 37.8 Å². The highest BCUT2D eigenvalue weighted by molar-refractivity contribution is 7.15. The molecular formula is C19H19FN4O2S. The zero-order chi connectivity index (χ0) is 18.8. The molecule has 0 unspecified atom stereocenters. The molecule has 0 saturated heterocycles. The molecular weight excluding hydrogens is 367 g/mol. The summed E-state index contributed by atoms with van der Waals surface area (Å²) in [7, 11) is 0. The minimum Gasteiger partial charge on any atom is -0.349 e. The van der Waals surface area contributed by atoms with Crippen LogP contribution in [0.1, 0.15) is 46.5 Å². The van der Waals surface area contributed by atoms with E-state index in [2.05, 4.69) is 15.6 Å². The lowest BCUT2D eigenvalue weighted by atomic mass is 9.90. The number of hydrogen-bond acceptors (Lipinski definition) is 4. The number of carbonyl (C=O) groups is 2. The van der Waals surface area contributed by atoms with Gasteiger partial charge in [0.25, 0.3) is 11.8 Å². The number of halogens is 1. The lowest BCUT2D eigenvalue weighted by molar-refractivity contribution is 0.0898. The molecule has 3 aromatic rings. The molecule has 1 aromatic carbocycles. The van der Waals surface area contributed by atoms with Crippen LogP contribution in [0.3, 0.4) is 0 Å². The van der Waals surface area contributed by atoms with Crippen LogP contribution in [0.5, 0.6) is 0 Å². The van der Waals surface area contributed by atoms with Crippen molar-refractivity contribution in [1.29, 1.82) is 0 Å².